The van der Waals surface area contributed by atoms with Crippen LogP contribution in [-0.4, -0.2) is 31.9 Å². The summed E-state index contributed by atoms with van der Waals surface area (Å²) in [6, 6.07) is 10.3. The highest BCUT2D eigenvalue weighted by Gasteiger charge is 2.36. The highest BCUT2D eigenvalue weighted by Crippen LogP contribution is 2.37. The van der Waals surface area contributed by atoms with Gasteiger partial charge in [-0.2, -0.15) is 0 Å². The fraction of sp³-hybridized carbons (Fsp3) is 0.263. The van der Waals surface area contributed by atoms with Crippen molar-refractivity contribution in [2.45, 2.75) is 24.2 Å². The molecule has 0 aromatic heterocycles. The first-order valence-corrected chi connectivity index (χ1v) is 10.1. The number of hydrogen-bond acceptors (Lipinski definition) is 4. The molecule has 1 saturated carbocycles. The third-order valence-corrected chi connectivity index (χ3v) is 6.20. The van der Waals surface area contributed by atoms with E-state index in [4.69, 9.17) is 5.11 Å². The van der Waals surface area contributed by atoms with E-state index in [9.17, 15) is 18.0 Å². The molecule has 1 aliphatic heterocycles. The Morgan fingerprint density at radius 1 is 1.11 bits per heavy atom. The largest absolute Gasteiger partial charge is 0.478 e. The van der Waals surface area contributed by atoms with E-state index in [0.29, 0.717) is 12.2 Å². The first kappa shape index (κ1) is 17.5. The summed E-state index contributed by atoms with van der Waals surface area (Å²) in [5.41, 5.74) is 1.99. The van der Waals surface area contributed by atoms with Crippen LogP contribution in [-0.2, 0) is 21.2 Å². The maximum Gasteiger partial charge on any atom is 0.335 e. The number of rotatable bonds is 5. The molecule has 0 saturated heterocycles. The minimum atomic E-state index is -3.95. The van der Waals surface area contributed by atoms with Crippen molar-refractivity contribution in [2.24, 2.45) is 5.92 Å². The fourth-order valence-corrected chi connectivity index (χ4v) is 4.33. The topological polar surface area (TPSA) is 104 Å². The van der Waals surface area contributed by atoms with Crippen LogP contribution >= 0.6 is 0 Å². The normalized spacial score (nSPS) is 16.1. The Hall–Kier alpha value is -2.87. The Bertz CT molecular complexity index is 1040. The monoisotopic (exact) mass is 386 g/mol. The van der Waals surface area contributed by atoms with Crippen molar-refractivity contribution in [2.75, 3.05) is 16.2 Å². The summed E-state index contributed by atoms with van der Waals surface area (Å²) in [5.74, 6) is -1.00. The number of amides is 1. The first-order valence-electron chi connectivity index (χ1n) is 8.66. The molecule has 1 amide bonds. The van der Waals surface area contributed by atoms with Crippen molar-refractivity contribution >= 4 is 33.3 Å². The minimum absolute atomic E-state index is 0.0926. The van der Waals surface area contributed by atoms with Gasteiger partial charge in [-0.3, -0.25) is 9.52 Å². The van der Waals surface area contributed by atoms with E-state index < -0.39 is 16.0 Å². The highest BCUT2D eigenvalue weighted by molar-refractivity contribution is 7.92. The standard InChI is InChI=1S/C19H18N2O5S/c22-18(13-4-5-13)21-9-8-12-6-7-15(11-17(12)21)20-27(25,26)16-3-1-2-14(10-16)19(23)24/h1-3,6-7,10-11,13,20H,4-5,8-9H2,(H,23,24). The number of nitrogens with zero attached hydrogens (tertiary/aromatic N) is 1. The van der Waals surface area contributed by atoms with Gasteiger partial charge in [-0.05, 0) is 55.2 Å². The van der Waals surface area contributed by atoms with Crippen LogP contribution in [0.15, 0.2) is 47.4 Å². The van der Waals surface area contributed by atoms with Gasteiger partial charge < -0.3 is 10.0 Å². The number of nitrogens with one attached hydrogen (secondary N) is 1. The van der Waals surface area contributed by atoms with Crippen LogP contribution in [0, 0.1) is 5.92 Å². The molecule has 2 N–H and O–H groups in total. The number of carboxylic acid groups (broad SMARTS) is 1. The van der Waals surface area contributed by atoms with Crippen molar-refractivity contribution in [1.29, 1.82) is 0 Å². The molecule has 8 heteroatoms. The SMILES string of the molecule is O=C(O)c1cccc(S(=O)(=O)Nc2ccc3c(c2)N(C(=O)C2CC2)CC3)c1. The maximum atomic E-state index is 12.6. The summed E-state index contributed by atoms with van der Waals surface area (Å²) < 4.78 is 27.7. The lowest BCUT2D eigenvalue weighted by Gasteiger charge is -2.18. The van der Waals surface area contributed by atoms with Crippen molar-refractivity contribution < 1.29 is 23.1 Å². The number of benzene rings is 2. The average Bonchev–Trinajstić information content (AvgIpc) is 3.41. The van der Waals surface area contributed by atoms with Crippen LogP contribution in [0.25, 0.3) is 0 Å². The van der Waals surface area contributed by atoms with Gasteiger partial charge in [0.1, 0.15) is 0 Å². The summed E-state index contributed by atoms with van der Waals surface area (Å²) in [7, 11) is -3.95. The zero-order valence-electron chi connectivity index (χ0n) is 14.4. The predicted molar refractivity (Wildman–Crippen MR) is 99.4 cm³/mol. The first-order chi connectivity index (χ1) is 12.8. The van der Waals surface area contributed by atoms with Crippen LogP contribution in [0.1, 0.15) is 28.8 Å². The quantitative estimate of drug-likeness (QED) is 0.822. The van der Waals surface area contributed by atoms with Crippen molar-refractivity contribution in [1.82, 2.24) is 0 Å². The van der Waals surface area contributed by atoms with Crippen molar-refractivity contribution in [3.05, 3.63) is 53.6 Å². The smallest absolute Gasteiger partial charge is 0.335 e. The highest BCUT2D eigenvalue weighted by atomic mass is 32.2. The van der Waals surface area contributed by atoms with Gasteiger partial charge in [-0.1, -0.05) is 12.1 Å². The molecule has 27 heavy (non-hydrogen) atoms. The lowest BCUT2D eigenvalue weighted by molar-refractivity contribution is -0.119. The second kappa shape index (κ2) is 6.38. The van der Waals surface area contributed by atoms with Gasteiger partial charge >= 0.3 is 5.97 Å². The van der Waals surface area contributed by atoms with Crippen LogP contribution < -0.4 is 9.62 Å². The molecule has 0 bridgehead atoms. The number of aromatic carboxylic acids is 1. The Kier molecular flexibility index (Phi) is 4.15. The third-order valence-electron chi connectivity index (χ3n) is 4.82. The number of carbonyl (C=O) groups is 2. The van der Waals surface area contributed by atoms with E-state index in [2.05, 4.69) is 4.72 Å². The van der Waals surface area contributed by atoms with Crippen LogP contribution in [0.3, 0.4) is 0 Å². The molecule has 4 rings (SSSR count). The lowest BCUT2D eigenvalue weighted by atomic mass is 10.1. The molecule has 0 spiro atoms. The maximum absolute atomic E-state index is 12.6. The molecule has 140 valence electrons. The van der Waals surface area contributed by atoms with Crippen LogP contribution in [0.5, 0.6) is 0 Å². The average molecular weight is 386 g/mol. The van der Waals surface area contributed by atoms with Crippen LogP contribution in [0.4, 0.5) is 11.4 Å². The summed E-state index contributed by atoms with van der Waals surface area (Å²) in [5, 5.41) is 9.05. The van der Waals surface area contributed by atoms with Crippen molar-refractivity contribution in [3.8, 4) is 0 Å². The third kappa shape index (κ3) is 3.40. The Labute approximate surface area is 156 Å². The number of anilines is 2. The Balaban J connectivity index is 1.61. The summed E-state index contributed by atoms with van der Waals surface area (Å²) >= 11 is 0. The number of carbonyl (C=O) groups excluding carboxylic acids is 1. The van der Waals surface area contributed by atoms with Gasteiger partial charge in [-0.15, -0.1) is 0 Å². The van der Waals surface area contributed by atoms with Gasteiger partial charge in [0.15, 0.2) is 0 Å². The second-order valence-corrected chi connectivity index (χ2v) is 8.48. The molecule has 2 aromatic rings. The van der Waals surface area contributed by atoms with E-state index in [0.717, 1.165) is 36.6 Å². The number of sulfonamides is 1. The number of hydrogen-bond donors (Lipinski definition) is 2. The zero-order chi connectivity index (χ0) is 19.2. The van der Waals surface area contributed by atoms with Crippen LogP contribution in [0.2, 0.25) is 0 Å². The van der Waals surface area contributed by atoms with E-state index in [1.165, 1.54) is 18.2 Å². The number of fused-ring (bicyclic) bond motifs is 1. The van der Waals surface area contributed by atoms with Gasteiger partial charge in [0, 0.05) is 18.2 Å². The number of carboxylic acids is 1. The molecule has 2 aromatic carbocycles. The van der Waals surface area contributed by atoms with Gasteiger partial charge in [0.2, 0.25) is 5.91 Å². The molecule has 1 fully saturated rings. The summed E-state index contributed by atoms with van der Waals surface area (Å²) in [6.45, 7) is 0.613. The molecular weight excluding hydrogens is 368 g/mol. The summed E-state index contributed by atoms with van der Waals surface area (Å²) in [4.78, 5) is 25.1. The zero-order valence-corrected chi connectivity index (χ0v) is 15.2. The van der Waals surface area contributed by atoms with Gasteiger partial charge in [-0.25, -0.2) is 13.2 Å². The van der Waals surface area contributed by atoms with Gasteiger partial charge in [0.25, 0.3) is 10.0 Å². The Morgan fingerprint density at radius 2 is 1.89 bits per heavy atom. The van der Waals surface area contributed by atoms with E-state index in [1.54, 1.807) is 17.0 Å². The lowest BCUT2D eigenvalue weighted by Crippen LogP contribution is -2.30. The molecule has 0 atom stereocenters. The molecule has 0 unspecified atom stereocenters. The second-order valence-electron chi connectivity index (χ2n) is 6.80. The molecule has 7 nitrogen and oxygen atoms in total. The fourth-order valence-electron chi connectivity index (χ4n) is 3.23. The van der Waals surface area contributed by atoms with Gasteiger partial charge in [0.05, 0.1) is 16.1 Å². The molecule has 1 aliphatic carbocycles. The minimum Gasteiger partial charge on any atom is -0.478 e. The van der Waals surface area contributed by atoms with E-state index in [-0.39, 0.29) is 22.3 Å². The van der Waals surface area contributed by atoms with Crippen molar-refractivity contribution in [3.63, 3.8) is 0 Å². The molecule has 2 aliphatic rings. The molecule has 1 heterocycles. The molecule has 0 radical (unpaired) electrons. The van der Waals surface area contributed by atoms with E-state index >= 15 is 0 Å². The Morgan fingerprint density at radius 3 is 2.59 bits per heavy atom. The predicted octanol–water partition coefficient (Wildman–Crippen LogP) is 2.48. The summed E-state index contributed by atoms with van der Waals surface area (Å²) in [6.07, 6.45) is 2.58. The van der Waals surface area contributed by atoms with E-state index in [1.807, 2.05) is 6.07 Å². The molecular formula is C19H18N2O5S.